The zero-order valence-electron chi connectivity index (χ0n) is 13.6. The highest BCUT2D eigenvalue weighted by Crippen LogP contribution is 2.28. The fraction of sp³-hybridized carbons (Fsp3) is 0.438. The molecule has 0 N–H and O–H groups in total. The number of rotatable bonds is 3. The van der Waals surface area contributed by atoms with Gasteiger partial charge in [-0.15, -0.1) is 0 Å². The third-order valence-electron chi connectivity index (χ3n) is 4.39. The standard InChI is InChI=1S/C16H19FN2O4S/c1-3-24(21,22)19-9-7-18(8-10-19)16(20)14-11(2)12-5-4-6-13(17)15(12)23-14/h4-6H,3,7-10H2,1-2H3. The van der Waals surface area contributed by atoms with Gasteiger partial charge < -0.3 is 9.32 Å². The lowest BCUT2D eigenvalue weighted by molar-refractivity contribution is 0.0667. The van der Waals surface area contributed by atoms with Gasteiger partial charge in [0.05, 0.1) is 5.75 Å². The van der Waals surface area contributed by atoms with Crippen LogP contribution in [0.15, 0.2) is 22.6 Å². The number of carbonyl (C=O) groups is 1. The normalized spacial score (nSPS) is 16.7. The number of fused-ring (bicyclic) bond motifs is 1. The average Bonchev–Trinajstić information content (AvgIpc) is 2.93. The summed E-state index contributed by atoms with van der Waals surface area (Å²) in [7, 11) is -3.25. The van der Waals surface area contributed by atoms with Crippen LogP contribution in [0, 0.1) is 12.7 Å². The summed E-state index contributed by atoms with van der Waals surface area (Å²) in [6.45, 7) is 4.41. The summed E-state index contributed by atoms with van der Waals surface area (Å²) in [6.07, 6.45) is 0. The first-order valence-corrected chi connectivity index (χ1v) is 9.40. The number of carbonyl (C=O) groups excluding carboxylic acids is 1. The van der Waals surface area contributed by atoms with E-state index in [-0.39, 0.29) is 49.2 Å². The molecule has 8 heteroatoms. The summed E-state index contributed by atoms with van der Waals surface area (Å²) in [5.41, 5.74) is 0.670. The second-order valence-corrected chi connectivity index (χ2v) is 8.02. The van der Waals surface area contributed by atoms with Crippen molar-refractivity contribution in [2.45, 2.75) is 13.8 Å². The van der Waals surface area contributed by atoms with Crippen molar-refractivity contribution >= 4 is 26.9 Å². The van der Waals surface area contributed by atoms with Crippen LogP contribution >= 0.6 is 0 Å². The van der Waals surface area contributed by atoms with E-state index in [2.05, 4.69) is 0 Å². The van der Waals surface area contributed by atoms with Crippen molar-refractivity contribution in [1.82, 2.24) is 9.21 Å². The maximum Gasteiger partial charge on any atom is 0.289 e. The van der Waals surface area contributed by atoms with Crippen LogP contribution in [0.25, 0.3) is 11.0 Å². The number of benzene rings is 1. The summed E-state index contributed by atoms with van der Waals surface area (Å²) in [4.78, 5) is 14.2. The van der Waals surface area contributed by atoms with Gasteiger partial charge in [-0.2, -0.15) is 4.31 Å². The molecule has 0 aliphatic carbocycles. The van der Waals surface area contributed by atoms with Crippen molar-refractivity contribution in [3.8, 4) is 0 Å². The van der Waals surface area contributed by atoms with Crippen molar-refractivity contribution in [2.24, 2.45) is 0 Å². The highest BCUT2D eigenvalue weighted by Gasteiger charge is 2.30. The van der Waals surface area contributed by atoms with Crippen LogP contribution in [0.4, 0.5) is 4.39 Å². The van der Waals surface area contributed by atoms with Crippen LogP contribution in [0.2, 0.25) is 0 Å². The predicted molar refractivity (Wildman–Crippen MR) is 87.8 cm³/mol. The van der Waals surface area contributed by atoms with Crippen LogP contribution in [-0.4, -0.2) is 55.5 Å². The Morgan fingerprint density at radius 3 is 2.50 bits per heavy atom. The Morgan fingerprint density at radius 1 is 1.25 bits per heavy atom. The molecule has 0 radical (unpaired) electrons. The first-order chi connectivity index (χ1) is 11.3. The van der Waals surface area contributed by atoms with Gasteiger partial charge in [0.1, 0.15) is 0 Å². The molecular formula is C16H19FN2O4S. The second-order valence-electron chi connectivity index (χ2n) is 5.76. The van der Waals surface area contributed by atoms with Crippen LogP contribution in [-0.2, 0) is 10.0 Å². The Balaban J connectivity index is 1.82. The number of para-hydroxylation sites is 1. The monoisotopic (exact) mass is 354 g/mol. The molecule has 1 saturated heterocycles. The van der Waals surface area contributed by atoms with Crippen molar-refractivity contribution in [3.63, 3.8) is 0 Å². The molecule has 0 spiro atoms. The van der Waals surface area contributed by atoms with Crippen LogP contribution in [0.3, 0.4) is 0 Å². The van der Waals surface area contributed by atoms with E-state index in [9.17, 15) is 17.6 Å². The smallest absolute Gasteiger partial charge is 0.289 e. The average molecular weight is 354 g/mol. The Hall–Kier alpha value is -1.93. The first kappa shape index (κ1) is 16.9. The number of nitrogens with zero attached hydrogens (tertiary/aromatic N) is 2. The van der Waals surface area contributed by atoms with Crippen molar-refractivity contribution < 1.29 is 22.0 Å². The topological polar surface area (TPSA) is 70.8 Å². The first-order valence-electron chi connectivity index (χ1n) is 7.80. The molecule has 0 unspecified atom stereocenters. The van der Waals surface area contributed by atoms with Gasteiger partial charge in [0, 0.05) is 37.1 Å². The van der Waals surface area contributed by atoms with E-state index in [0.29, 0.717) is 10.9 Å². The number of hydrogen-bond donors (Lipinski definition) is 0. The lowest BCUT2D eigenvalue weighted by Crippen LogP contribution is -2.50. The van der Waals surface area contributed by atoms with E-state index in [1.165, 1.54) is 10.4 Å². The quantitative estimate of drug-likeness (QED) is 0.845. The van der Waals surface area contributed by atoms with Crippen LogP contribution < -0.4 is 0 Å². The van der Waals surface area contributed by atoms with Crippen molar-refractivity contribution in [2.75, 3.05) is 31.9 Å². The van der Waals surface area contributed by atoms with Crippen molar-refractivity contribution in [1.29, 1.82) is 0 Å². The molecule has 0 bridgehead atoms. The van der Waals surface area contributed by atoms with E-state index >= 15 is 0 Å². The minimum absolute atomic E-state index is 0.0445. The minimum atomic E-state index is -3.25. The number of halogens is 1. The number of sulfonamides is 1. The zero-order chi connectivity index (χ0) is 17.5. The van der Waals surface area contributed by atoms with Gasteiger partial charge in [0.2, 0.25) is 10.0 Å². The van der Waals surface area contributed by atoms with Gasteiger partial charge in [-0.3, -0.25) is 4.79 Å². The van der Waals surface area contributed by atoms with E-state index < -0.39 is 15.8 Å². The van der Waals surface area contributed by atoms with Gasteiger partial charge in [-0.05, 0) is 19.9 Å². The molecular weight excluding hydrogens is 335 g/mol. The number of amides is 1. The molecule has 1 aromatic heterocycles. The Morgan fingerprint density at radius 2 is 1.92 bits per heavy atom. The fourth-order valence-electron chi connectivity index (χ4n) is 2.91. The summed E-state index contributed by atoms with van der Waals surface area (Å²) in [6, 6.07) is 4.57. The van der Waals surface area contributed by atoms with E-state index in [1.807, 2.05) is 0 Å². The lowest BCUT2D eigenvalue weighted by Gasteiger charge is -2.33. The third kappa shape index (κ3) is 2.80. The van der Waals surface area contributed by atoms with E-state index in [0.717, 1.165) is 0 Å². The third-order valence-corrected chi connectivity index (χ3v) is 6.28. The molecule has 0 saturated carbocycles. The maximum atomic E-state index is 13.8. The highest BCUT2D eigenvalue weighted by atomic mass is 32.2. The fourth-order valence-corrected chi connectivity index (χ4v) is 3.99. The summed E-state index contributed by atoms with van der Waals surface area (Å²) >= 11 is 0. The van der Waals surface area contributed by atoms with Gasteiger partial charge in [0.15, 0.2) is 17.2 Å². The summed E-state index contributed by atoms with van der Waals surface area (Å²) < 4.78 is 44.4. The molecule has 1 aliphatic heterocycles. The minimum Gasteiger partial charge on any atom is -0.448 e. The molecule has 0 atom stereocenters. The van der Waals surface area contributed by atoms with Crippen LogP contribution in [0.1, 0.15) is 23.0 Å². The largest absolute Gasteiger partial charge is 0.448 e. The van der Waals surface area contributed by atoms with E-state index in [4.69, 9.17) is 4.42 Å². The van der Waals surface area contributed by atoms with Crippen LogP contribution in [0.5, 0.6) is 0 Å². The van der Waals surface area contributed by atoms with Gasteiger partial charge >= 0.3 is 0 Å². The van der Waals surface area contributed by atoms with E-state index in [1.54, 1.807) is 30.9 Å². The lowest BCUT2D eigenvalue weighted by atomic mass is 10.1. The molecule has 130 valence electrons. The number of hydrogen-bond acceptors (Lipinski definition) is 4. The molecule has 1 amide bonds. The molecule has 24 heavy (non-hydrogen) atoms. The Labute approximate surface area is 139 Å². The highest BCUT2D eigenvalue weighted by molar-refractivity contribution is 7.89. The maximum absolute atomic E-state index is 13.8. The Kier molecular flexibility index (Phi) is 4.35. The molecule has 2 heterocycles. The summed E-state index contributed by atoms with van der Waals surface area (Å²) in [5.74, 6) is -0.685. The van der Waals surface area contributed by atoms with Gasteiger partial charge in [-0.25, -0.2) is 12.8 Å². The van der Waals surface area contributed by atoms with Crippen molar-refractivity contribution in [3.05, 3.63) is 35.3 Å². The molecule has 6 nitrogen and oxygen atoms in total. The summed E-state index contributed by atoms with van der Waals surface area (Å²) in [5, 5.41) is 0.575. The molecule has 3 rings (SSSR count). The van der Waals surface area contributed by atoms with Gasteiger partial charge in [-0.1, -0.05) is 12.1 Å². The van der Waals surface area contributed by atoms with Gasteiger partial charge in [0.25, 0.3) is 5.91 Å². The molecule has 1 fully saturated rings. The number of piperazine rings is 1. The number of aryl methyl sites for hydroxylation is 1. The molecule has 1 aliphatic rings. The molecule has 2 aromatic rings. The molecule has 1 aromatic carbocycles. The zero-order valence-corrected chi connectivity index (χ0v) is 14.4. The Bertz CT molecular complexity index is 883. The second kappa shape index (κ2) is 6.18. The predicted octanol–water partition coefficient (Wildman–Crippen LogP) is 1.99. The SMILES string of the molecule is CCS(=O)(=O)N1CCN(C(=O)c2oc3c(F)cccc3c2C)CC1. The number of furan rings is 1.